The first kappa shape index (κ1) is 13.9. The van der Waals surface area contributed by atoms with E-state index in [9.17, 15) is 9.59 Å². The molecule has 0 spiro atoms. The number of nitrogens with zero attached hydrogens (tertiary/aromatic N) is 1. The van der Waals surface area contributed by atoms with Crippen molar-refractivity contribution in [3.8, 4) is 0 Å². The van der Waals surface area contributed by atoms with Crippen molar-refractivity contribution >= 4 is 17.9 Å². The summed E-state index contributed by atoms with van der Waals surface area (Å²) in [5.74, 6) is 0.0595. The van der Waals surface area contributed by atoms with Gasteiger partial charge in [-0.15, -0.1) is 0 Å². The summed E-state index contributed by atoms with van der Waals surface area (Å²) in [6, 6.07) is 7.72. The second-order valence-electron chi connectivity index (χ2n) is 5.74. The maximum atomic E-state index is 11.9. The summed E-state index contributed by atoms with van der Waals surface area (Å²) in [4.78, 5) is 25.6. The summed E-state index contributed by atoms with van der Waals surface area (Å²) in [7, 11) is 0. The third kappa shape index (κ3) is 3.72. The van der Waals surface area contributed by atoms with Gasteiger partial charge < -0.3 is 10.2 Å². The van der Waals surface area contributed by atoms with E-state index in [4.69, 9.17) is 0 Å². The van der Waals surface area contributed by atoms with Crippen LogP contribution in [-0.4, -0.2) is 35.8 Å². The van der Waals surface area contributed by atoms with Gasteiger partial charge in [-0.3, -0.25) is 9.59 Å². The molecule has 4 nitrogen and oxygen atoms in total. The predicted octanol–water partition coefficient (Wildman–Crippen LogP) is 2.21. The highest BCUT2D eigenvalue weighted by Crippen LogP contribution is 2.19. The summed E-state index contributed by atoms with van der Waals surface area (Å²) < 4.78 is 0. The van der Waals surface area contributed by atoms with Crippen LogP contribution in [-0.2, 0) is 4.79 Å². The third-order valence-corrected chi connectivity index (χ3v) is 3.92. The zero-order chi connectivity index (χ0) is 14.7. The van der Waals surface area contributed by atoms with Crippen molar-refractivity contribution in [3.63, 3.8) is 0 Å². The van der Waals surface area contributed by atoms with Crippen LogP contribution in [0.5, 0.6) is 0 Å². The minimum absolute atomic E-state index is 0.0128. The molecule has 1 aliphatic heterocycles. The smallest absolute Gasteiger partial charge is 0.251 e. The van der Waals surface area contributed by atoms with E-state index < -0.39 is 0 Å². The molecule has 0 bridgehead atoms. The molecule has 0 radical (unpaired) electrons. The molecule has 1 saturated heterocycles. The molecular weight excluding hydrogens is 264 g/mol. The molecule has 21 heavy (non-hydrogen) atoms. The van der Waals surface area contributed by atoms with Crippen molar-refractivity contribution in [1.82, 2.24) is 10.2 Å². The number of amides is 2. The lowest BCUT2D eigenvalue weighted by molar-refractivity contribution is -0.124. The van der Waals surface area contributed by atoms with Crippen LogP contribution in [0.25, 0.3) is 6.08 Å². The van der Waals surface area contributed by atoms with E-state index in [0.717, 1.165) is 44.3 Å². The molecule has 1 aromatic carbocycles. The lowest BCUT2D eigenvalue weighted by Gasteiger charge is -2.11. The number of carbonyl (C=O) groups excluding carboxylic acids is 2. The van der Waals surface area contributed by atoms with Crippen molar-refractivity contribution in [2.45, 2.75) is 31.7 Å². The van der Waals surface area contributed by atoms with Gasteiger partial charge in [0.15, 0.2) is 0 Å². The molecule has 2 fully saturated rings. The molecule has 1 saturated carbocycles. The van der Waals surface area contributed by atoms with Crippen LogP contribution >= 0.6 is 0 Å². The Kier molecular flexibility index (Phi) is 4.04. The summed E-state index contributed by atoms with van der Waals surface area (Å²) >= 11 is 0. The quantitative estimate of drug-likeness (QED) is 0.862. The number of carbonyl (C=O) groups is 2. The third-order valence-electron chi connectivity index (χ3n) is 3.92. The summed E-state index contributed by atoms with van der Waals surface area (Å²) in [6.07, 6.45) is 7.80. The molecule has 2 aliphatic rings. The van der Waals surface area contributed by atoms with Gasteiger partial charge in [0.1, 0.15) is 0 Å². The molecule has 110 valence electrons. The Hall–Kier alpha value is -2.10. The molecule has 2 amide bonds. The highest BCUT2D eigenvalue weighted by molar-refractivity contribution is 5.95. The number of benzene rings is 1. The van der Waals surface area contributed by atoms with Gasteiger partial charge in [0.25, 0.3) is 5.91 Å². The van der Waals surface area contributed by atoms with Crippen molar-refractivity contribution in [1.29, 1.82) is 0 Å². The first-order valence-electron chi connectivity index (χ1n) is 7.60. The first-order valence-corrected chi connectivity index (χ1v) is 7.60. The minimum atomic E-state index is -0.0128. The van der Waals surface area contributed by atoms with Crippen molar-refractivity contribution < 1.29 is 9.59 Å². The van der Waals surface area contributed by atoms with E-state index in [1.165, 1.54) is 0 Å². The van der Waals surface area contributed by atoms with Gasteiger partial charge in [-0.1, -0.05) is 12.1 Å². The largest absolute Gasteiger partial charge is 0.349 e. The van der Waals surface area contributed by atoms with Crippen LogP contribution in [0, 0.1) is 0 Å². The molecule has 4 heteroatoms. The van der Waals surface area contributed by atoms with E-state index in [-0.39, 0.29) is 11.8 Å². The van der Waals surface area contributed by atoms with E-state index >= 15 is 0 Å². The fourth-order valence-corrected chi connectivity index (χ4v) is 2.45. The Morgan fingerprint density at radius 2 is 1.76 bits per heavy atom. The molecule has 3 rings (SSSR count). The first-order chi connectivity index (χ1) is 10.2. The minimum Gasteiger partial charge on any atom is -0.349 e. The average molecular weight is 284 g/mol. The van der Waals surface area contributed by atoms with E-state index in [2.05, 4.69) is 5.32 Å². The fraction of sp³-hybridized carbons (Fsp3) is 0.412. The van der Waals surface area contributed by atoms with Gasteiger partial charge in [0.05, 0.1) is 0 Å². The monoisotopic (exact) mass is 284 g/mol. The van der Waals surface area contributed by atoms with Gasteiger partial charge >= 0.3 is 0 Å². The standard InChI is InChI=1S/C17H20N2O2/c20-16(19-11-1-2-12-19)10-5-13-3-6-14(7-4-13)17(21)18-15-8-9-15/h3-7,10,15H,1-2,8-9,11-12H2,(H,18,21). The second kappa shape index (κ2) is 6.12. The van der Waals surface area contributed by atoms with Crippen LogP contribution in [0.4, 0.5) is 0 Å². The summed E-state index contributed by atoms with van der Waals surface area (Å²) in [5.41, 5.74) is 1.61. The average Bonchev–Trinajstić information content (AvgIpc) is 3.15. The number of hydrogen-bond acceptors (Lipinski definition) is 2. The van der Waals surface area contributed by atoms with Crippen molar-refractivity contribution in [2.75, 3.05) is 13.1 Å². The zero-order valence-corrected chi connectivity index (χ0v) is 12.0. The van der Waals surface area contributed by atoms with Crippen molar-refractivity contribution in [2.24, 2.45) is 0 Å². The molecule has 1 heterocycles. The number of rotatable bonds is 4. The van der Waals surface area contributed by atoms with Crippen LogP contribution < -0.4 is 5.32 Å². The van der Waals surface area contributed by atoms with Gasteiger partial charge in [-0.25, -0.2) is 0 Å². The lowest BCUT2D eigenvalue weighted by atomic mass is 10.1. The predicted molar refractivity (Wildman–Crippen MR) is 81.8 cm³/mol. The normalized spacial score (nSPS) is 18.2. The van der Waals surface area contributed by atoms with Crippen LogP contribution in [0.3, 0.4) is 0 Å². The Balaban J connectivity index is 1.58. The van der Waals surface area contributed by atoms with Crippen LogP contribution in [0.15, 0.2) is 30.3 Å². The molecule has 1 aliphatic carbocycles. The maximum absolute atomic E-state index is 11.9. The van der Waals surface area contributed by atoms with E-state index in [1.807, 2.05) is 23.1 Å². The molecular formula is C17H20N2O2. The Morgan fingerprint density at radius 1 is 1.10 bits per heavy atom. The summed E-state index contributed by atoms with van der Waals surface area (Å²) in [6.45, 7) is 1.73. The van der Waals surface area contributed by atoms with Crippen LogP contribution in [0.1, 0.15) is 41.6 Å². The number of likely N-dealkylation sites (tertiary alicyclic amines) is 1. The fourth-order valence-electron chi connectivity index (χ4n) is 2.45. The number of hydrogen-bond donors (Lipinski definition) is 1. The van der Waals surface area contributed by atoms with E-state index in [1.54, 1.807) is 18.2 Å². The molecule has 1 aromatic rings. The Labute approximate surface area is 124 Å². The molecule has 0 aromatic heterocycles. The topological polar surface area (TPSA) is 49.4 Å². The van der Waals surface area contributed by atoms with Gasteiger partial charge in [-0.05, 0) is 49.5 Å². The molecule has 0 unspecified atom stereocenters. The van der Waals surface area contributed by atoms with Crippen molar-refractivity contribution in [3.05, 3.63) is 41.5 Å². The van der Waals surface area contributed by atoms with Gasteiger partial charge in [-0.2, -0.15) is 0 Å². The maximum Gasteiger partial charge on any atom is 0.251 e. The van der Waals surface area contributed by atoms with Gasteiger partial charge in [0, 0.05) is 30.8 Å². The zero-order valence-electron chi connectivity index (χ0n) is 12.0. The van der Waals surface area contributed by atoms with Crippen LogP contribution in [0.2, 0.25) is 0 Å². The highest BCUT2D eigenvalue weighted by Gasteiger charge is 2.23. The number of nitrogens with one attached hydrogen (secondary N) is 1. The van der Waals surface area contributed by atoms with Gasteiger partial charge in [0.2, 0.25) is 5.91 Å². The lowest BCUT2D eigenvalue weighted by Crippen LogP contribution is -2.25. The highest BCUT2D eigenvalue weighted by atomic mass is 16.2. The Morgan fingerprint density at radius 3 is 2.38 bits per heavy atom. The van der Waals surface area contributed by atoms with E-state index in [0.29, 0.717) is 11.6 Å². The molecule has 0 atom stereocenters. The Bertz CT molecular complexity index is 553. The SMILES string of the molecule is O=C(NC1CC1)c1ccc(C=CC(=O)N2CCCC2)cc1. The second-order valence-corrected chi connectivity index (χ2v) is 5.74. The summed E-state index contributed by atoms with van der Waals surface area (Å²) in [5, 5.41) is 2.96. The molecule has 1 N–H and O–H groups in total.